The van der Waals surface area contributed by atoms with Gasteiger partial charge in [-0.25, -0.2) is 0 Å². The molecule has 5 heteroatoms. The fourth-order valence-corrected chi connectivity index (χ4v) is 3.96. The van der Waals surface area contributed by atoms with Gasteiger partial charge in [-0.05, 0) is 41.1 Å². The molecule has 0 radical (unpaired) electrons. The van der Waals surface area contributed by atoms with Crippen LogP contribution in [0.5, 0.6) is 0 Å². The summed E-state index contributed by atoms with van der Waals surface area (Å²) in [7, 11) is 0. The minimum atomic E-state index is 0.237. The van der Waals surface area contributed by atoms with Crippen molar-refractivity contribution in [3.63, 3.8) is 0 Å². The average Bonchev–Trinajstić information content (AvgIpc) is 3.15. The molecule has 108 valence electrons. The summed E-state index contributed by atoms with van der Waals surface area (Å²) < 4.78 is 0. The summed E-state index contributed by atoms with van der Waals surface area (Å²) in [5.41, 5.74) is 0.986. The summed E-state index contributed by atoms with van der Waals surface area (Å²) in [5, 5.41) is 8.93. The average molecular weight is 354 g/mol. The van der Waals surface area contributed by atoms with Crippen molar-refractivity contribution in [2.24, 2.45) is 0 Å². The number of benzene rings is 1. The van der Waals surface area contributed by atoms with Crippen LogP contribution in [0.4, 0.5) is 5.69 Å². The fraction of sp³-hybridized carbons (Fsp3) is 0.125. The van der Waals surface area contributed by atoms with Crippen LogP contribution in [0.2, 0.25) is 10.0 Å². The van der Waals surface area contributed by atoms with Gasteiger partial charge in [0, 0.05) is 21.9 Å². The van der Waals surface area contributed by atoms with Gasteiger partial charge in [0.15, 0.2) is 0 Å². The third-order valence-corrected chi connectivity index (χ3v) is 5.76. The lowest BCUT2D eigenvalue weighted by molar-refractivity contribution is 0.802. The van der Waals surface area contributed by atoms with E-state index in [1.807, 2.05) is 18.2 Å². The zero-order valence-electron chi connectivity index (χ0n) is 11.1. The molecular weight excluding hydrogens is 341 g/mol. The number of rotatable bonds is 5. The highest BCUT2D eigenvalue weighted by molar-refractivity contribution is 7.10. The molecule has 1 N–H and O–H groups in total. The molecule has 0 fully saturated rings. The van der Waals surface area contributed by atoms with Crippen LogP contribution in [0.1, 0.15) is 15.8 Å². The van der Waals surface area contributed by atoms with Gasteiger partial charge in [-0.3, -0.25) is 0 Å². The Morgan fingerprint density at radius 1 is 0.952 bits per heavy atom. The molecule has 1 aromatic carbocycles. The van der Waals surface area contributed by atoms with Gasteiger partial charge in [-0.2, -0.15) is 0 Å². The van der Waals surface area contributed by atoms with Crippen LogP contribution in [0.15, 0.2) is 53.2 Å². The van der Waals surface area contributed by atoms with Crippen molar-refractivity contribution < 1.29 is 0 Å². The van der Waals surface area contributed by atoms with E-state index in [9.17, 15) is 0 Å². The number of anilines is 1. The van der Waals surface area contributed by atoms with Crippen molar-refractivity contribution in [1.82, 2.24) is 0 Å². The summed E-state index contributed by atoms with van der Waals surface area (Å²) in [5.74, 6) is 0. The van der Waals surface area contributed by atoms with Crippen LogP contribution in [-0.4, -0.2) is 0 Å². The van der Waals surface area contributed by atoms with Crippen molar-refractivity contribution in [1.29, 1.82) is 0 Å². The van der Waals surface area contributed by atoms with E-state index in [1.165, 1.54) is 9.75 Å². The van der Waals surface area contributed by atoms with Gasteiger partial charge in [-0.1, -0.05) is 35.3 Å². The molecule has 1 unspecified atom stereocenters. The number of halogens is 2. The van der Waals surface area contributed by atoms with Crippen molar-refractivity contribution in [3.05, 3.63) is 73.0 Å². The maximum Gasteiger partial charge on any atom is 0.0654 e. The summed E-state index contributed by atoms with van der Waals surface area (Å²) in [4.78, 5) is 2.68. The molecule has 1 nitrogen and oxygen atoms in total. The van der Waals surface area contributed by atoms with Gasteiger partial charge in [0.1, 0.15) is 0 Å². The molecule has 0 saturated heterocycles. The molecule has 2 aromatic heterocycles. The topological polar surface area (TPSA) is 12.0 Å². The first kappa shape index (κ1) is 14.9. The van der Waals surface area contributed by atoms with E-state index < -0.39 is 0 Å². The summed E-state index contributed by atoms with van der Waals surface area (Å²) in [6, 6.07) is 14.4. The van der Waals surface area contributed by atoms with Crippen molar-refractivity contribution in [2.75, 3.05) is 5.32 Å². The maximum atomic E-state index is 6.10. The first-order valence-corrected chi connectivity index (χ1v) is 9.01. The molecule has 3 aromatic rings. The van der Waals surface area contributed by atoms with Crippen LogP contribution >= 0.6 is 45.9 Å². The molecule has 0 aliphatic heterocycles. The van der Waals surface area contributed by atoms with Crippen molar-refractivity contribution in [2.45, 2.75) is 12.5 Å². The first-order valence-electron chi connectivity index (χ1n) is 6.50. The molecule has 0 aliphatic rings. The first-order chi connectivity index (χ1) is 10.2. The van der Waals surface area contributed by atoms with E-state index in [2.05, 4.69) is 40.3 Å². The van der Waals surface area contributed by atoms with Gasteiger partial charge >= 0.3 is 0 Å². The van der Waals surface area contributed by atoms with Crippen LogP contribution in [-0.2, 0) is 6.42 Å². The Hall–Kier alpha value is -1.00. The van der Waals surface area contributed by atoms with Crippen molar-refractivity contribution >= 4 is 51.6 Å². The molecule has 0 amide bonds. The van der Waals surface area contributed by atoms with E-state index in [-0.39, 0.29) is 6.04 Å². The van der Waals surface area contributed by atoms with Gasteiger partial charge < -0.3 is 5.32 Å². The van der Waals surface area contributed by atoms with Crippen molar-refractivity contribution in [3.8, 4) is 0 Å². The second kappa shape index (κ2) is 6.84. The lowest BCUT2D eigenvalue weighted by Gasteiger charge is -2.18. The zero-order valence-corrected chi connectivity index (χ0v) is 14.2. The second-order valence-electron chi connectivity index (χ2n) is 4.62. The lowest BCUT2D eigenvalue weighted by Crippen LogP contribution is -2.11. The maximum absolute atomic E-state index is 6.10. The lowest BCUT2D eigenvalue weighted by atomic mass is 10.1. The predicted molar refractivity (Wildman–Crippen MR) is 95.2 cm³/mol. The normalized spacial score (nSPS) is 12.3. The molecule has 0 spiro atoms. The van der Waals surface area contributed by atoms with Gasteiger partial charge in [0.05, 0.1) is 16.1 Å². The summed E-state index contributed by atoms with van der Waals surface area (Å²) in [6.07, 6.45) is 0.957. The Morgan fingerprint density at radius 3 is 2.43 bits per heavy atom. The van der Waals surface area contributed by atoms with E-state index in [0.717, 1.165) is 12.1 Å². The van der Waals surface area contributed by atoms with Gasteiger partial charge in [-0.15, -0.1) is 22.7 Å². The fourth-order valence-electron chi connectivity index (χ4n) is 2.13. The highest BCUT2D eigenvalue weighted by Crippen LogP contribution is 2.31. The van der Waals surface area contributed by atoms with Crippen LogP contribution in [0.25, 0.3) is 0 Å². The molecule has 0 saturated carbocycles. The SMILES string of the molecule is Clc1ccc(NC(Cc2cccs2)c2cccs2)cc1Cl. The monoisotopic (exact) mass is 353 g/mol. The number of hydrogen-bond acceptors (Lipinski definition) is 3. The van der Waals surface area contributed by atoms with Gasteiger partial charge in [0.25, 0.3) is 0 Å². The second-order valence-corrected chi connectivity index (χ2v) is 7.45. The predicted octanol–water partition coefficient (Wildman–Crippen LogP) is 6.51. The molecule has 2 heterocycles. The Morgan fingerprint density at radius 2 is 1.76 bits per heavy atom. The summed E-state index contributed by atoms with van der Waals surface area (Å²) in [6.45, 7) is 0. The third kappa shape index (κ3) is 3.80. The van der Waals surface area contributed by atoms with Crippen LogP contribution in [0.3, 0.4) is 0 Å². The van der Waals surface area contributed by atoms with E-state index in [1.54, 1.807) is 22.7 Å². The number of nitrogens with one attached hydrogen (secondary N) is 1. The molecule has 0 bridgehead atoms. The van der Waals surface area contributed by atoms with E-state index >= 15 is 0 Å². The molecule has 0 aliphatic carbocycles. The highest BCUT2D eigenvalue weighted by atomic mass is 35.5. The Labute approximate surface area is 142 Å². The molecule has 21 heavy (non-hydrogen) atoms. The highest BCUT2D eigenvalue weighted by Gasteiger charge is 2.14. The minimum absolute atomic E-state index is 0.237. The largest absolute Gasteiger partial charge is 0.377 e. The Bertz CT molecular complexity index is 693. The number of thiophene rings is 2. The Kier molecular flexibility index (Phi) is 4.86. The smallest absolute Gasteiger partial charge is 0.0654 e. The third-order valence-electron chi connectivity index (χ3n) is 3.13. The molecule has 3 rings (SSSR count). The molecule has 1 atom stereocenters. The summed E-state index contributed by atoms with van der Waals surface area (Å²) >= 11 is 15.6. The van der Waals surface area contributed by atoms with Gasteiger partial charge in [0.2, 0.25) is 0 Å². The van der Waals surface area contributed by atoms with E-state index in [4.69, 9.17) is 23.2 Å². The van der Waals surface area contributed by atoms with Crippen LogP contribution in [0, 0.1) is 0 Å². The van der Waals surface area contributed by atoms with Crippen LogP contribution < -0.4 is 5.32 Å². The van der Waals surface area contributed by atoms with E-state index in [0.29, 0.717) is 10.0 Å². The molecular formula is C16H13Cl2NS2. The standard InChI is InChI=1S/C16H13Cl2NS2/c17-13-6-5-11(9-14(13)18)19-15(16-4-2-8-21-16)10-12-3-1-7-20-12/h1-9,15,19H,10H2. The Balaban J connectivity index is 1.83. The minimum Gasteiger partial charge on any atom is -0.377 e. The quantitative estimate of drug-likeness (QED) is 0.550. The number of hydrogen-bond donors (Lipinski definition) is 1. The zero-order chi connectivity index (χ0) is 14.7.